The van der Waals surface area contributed by atoms with E-state index in [9.17, 15) is 13.6 Å². The van der Waals surface area contributed by atoms with Crippen molar-refractivity contribution in [2.24, 2.45) is 0 Å². The van der Waals surface area contributed by atoms with Gasteiger partial charge in [0.05, 0.1) is 18.8 Å². The van der Waals surface area contributed by atoms with Crippen LogP contribution < -0.4 is 10.6 Å². The Balaban J connectivity index is 1.93. The van der Waals surface area contributed by atoms with Crippen LogP contribution in [-0.4, -0.2) is 38.3 Å². The lowest BCUT2D eigenvalue weighted by Gasteiger charge is -2.23. The first-order chi connectivity index (χ1) is 8.68. The minimum Gasteiger partial charge on any atom is -0.378 e. The van der Waals surface area contributed by atoms with E-state index < -0.39 is 17.5 Å². The monoisotopic (exact) mass is 256 g/mol. The Morgan fingerprint density at radius 3 is 3.06 bits per heavy atom. The molecular weight excluding hydrogens is 242 g/mol. The molecule has 0 saturated carbocycles. The van der Waals surface area contributed by atoms with Crippen molar-refractivity contribution >= 4 is 5.91 Å². The third-order valence-corrected chi connectivity index (χ3v) is 2.70. The smallest absolute Gasteiger partial charge is 0.254 e. The fraction of sp³-hybridized carbons (Fsp3) is 0.417. The maximum Gasteiger partial charge on any atom is 0.254 e. The van der Waals surface area contributed by atoms with Crippen molar-refractivity contribution in [1.82, 2.24) is 10.6 Å². The average Bonchev–Trinajstić information content (AvgIpc) is 2.40. The first-order valence-corrected chi connectivity index (χ1v) is 5.72. The highest BCUT2D eigenvalue weighted by atomic mass is 19.2. The Hall–Kier alpha value is -1.53. The van der Waals surface area contributed by atoms with E-state index in [1.54, 1.807) is 0 Å². The van der Waals surface area contributed by atoms with Crippen LogP contribution in [0.25, 0.3) is 0 Å². The molecule has 1 amide bonds. The number of rotatable bonds is 3. The molecule has 0 radical (unpaired) electrons. The quantitative estimate of drug-likeness (QED) is 0.836. The molecule has 98 valence electrons. The molecule has 1 aliphatic heterocycles. The molecule has 1 heterocycles. The van der Waals surface area contributed by atoms with Crippen LogP contribution >= 0.6 is 0 Å². The van der Waals surface area contributed by atoms with Gasteiger partial charge in [-0.3, -0.25) is 4.79 Å². The SMILES string of the molecule is O=C(NCC1COCCN1)c1cccc(F)c1F. The lowest BCUT2D eigenvalue weighted by molar-refractivity contribution is 0.0733. The van der Waals surface area contributed by atoms with E-state index in [4.69, 9.17) is 4.74 Å². The Morgan fingerprint density at radius 2 is 2.33 bits per heavy atom. The number of hydrogen-bond acceptors (Lipinski definition) is 3. The fourth-order valence-corrected chi connectivity index (χ4v) is 1.74. The van der Waals surface area contributed by atoms with E-state index in [2.05, 4.69) is 10.6 Å². The highest BCUT2D eigenvalue weighted by molar-refractivity contribution is 5.94. The Labute approximate surface area is 103 Å². The van der Waals surface area contributed by atoms with E-state index in [-0.39, 0.29) is 11.6 Å². The predicted molar refractivity (Wildman–Crippen MR) is 61.3 cm³/mol. The van der Waals surface area contributed by atoms with Crippen molar-refractivity contribution in [2.45, 2.75) is 6.04 Å². The van der Waals surface area contributed by atoms with Gasteiger partial charge in [-0.2, -0.15) is 0 Å². The first kappa shape index (κ1) is 12.9. The van der Waals surface area contributed by atoms with Gasteiger partial charge in [-0.25, -0.2) is 8.78 Å². The molecule has 2 rings (SSSR count). The molecule has 4 nitrogen and oxygen atoms in total. The summed E-state index contributed by atoms with van der Waals surface area (Å²) < 4.78 is 31.5. The lowest BCUT2D eigenvalue weighted by atomic mass is 10.2. The standard InChI is InChI=1S/C12H14F2N2O2/c13-10-3-1-2-9(11(10)14)12(17)16-6-8-7-18-5-4-15-8/h1-3,8,15H,4-7H2,(H,16,17). The number of halogens is 2. The first-order valence-electron chi connectivity index (χ1n) is 5.72. The number of carbonyl (C=O) groups excluding carboxylic acids is 1. The molecule has 0 aliphatic carbocycles. The lowest BCUT2D eigenvalue weighted by Crippen LogP contribution is -2.48. The van der Waals surface area contributed by atoms with Crippen LogP contribution in [0.1, 0.15) is 10.4 Å². The van der Waals surface area contributed by atoms with Gasteiger partial charge in [-0.05, 0) is 12.1 Å². The van der Waals surface area contributed by atoms with Crippen molar-refractivity contribution in [3.05, 3.63) is 35.4 Å². The normalized spacial score (nSPS) is 19.6. The number of nitrogens with one attached hydrogen (secondary N) is 2. The van der Waals surface area contributed by atoms with Gasteiger partial charge in [0, 0.05) is 19.1 Å². The largest absolute Gasteiger partial charge is 0.378 e. The second-order valence-corrected chi connectivity index (χ2v) is 4.04. The van der Waals surface area contributed by atoms with E-state index in [0.717, 1.165) is 12.6 Å². The summed E-state index contributed by atoms with van der Waals surface area (Å²) in [5.74, 6) is -2.77. The average molecular weight is 256 g/mol. The molecule has 6 heteroatoms. The molecule has 1 aromatic rings. The molecule has 1 aromatic carbocycles. The number of amides is 1. The molecule has 1 unspecified atom stereocenters. The molecule has 1 aliphatic rings. The van der Waals surface area contributed by atoms with Crippen molar-refractivity contribution in [3.63, 3.8) is 0 Å². The predicted octanol–water partition coefficient (Wildman–Crippen LogP) is 0.683. The van der Waals surface area contributed by atoms with Crippen LogP contribution in [0.4, 0.5) is 8.78 Å². The number of hydrogen-bond donors (Lipinski definition) is 2. The van der Waals surface area contributed by atoms with E-state index >= 15 is 0 Å². The zero-order valence-corrected chi connectivity index (χ0v) is 9.71. The maximum absolute atomic E-state index is 13.3. The van der Waals surface area contributed by atoms with Crippen LogP contribution in [-0.2, 0) is 4.74 Å². The van der Waals surface area contributed by atoms with Gasteiger partial charge in [0.25, 0.3) is 5.91 Å². The summed E-state index contributed by atoms with van der Waals surface area (Å²) >= 11 is 0. The molecule has 2 N–H and O–H groups in total. The molecule has 1 atom stereocenters. The van der Waals surface area contributed by atoms with Crippen molar-refractivity contribution < 1.29 is 18.3 Å². The van der Waals surface area contributed by atoms with Gasteiger partial charge >= 0.3 is 0 Å². The van der Waals surface area contributed by atoms with Crippen LogP contribution in [0.2, 0.25) is 0 Å². The highest BCUT2D eigenvalue weighted by Gasteiger charge is 2.17. The van der Waals surface area contributed by atoms with Gasteiger partial charge in [-0.15, -0.1) is 0 Å². The van der Waals surface area contributed by atoms with Crippen molar-refractivity contribution in [2.75, 3.05) is 26.3 Å². The third-order valence-electron chi connectivity index (χ3n) is 2.70. The molecule has 0 aromatic heterocycles. The summed E-state index contributed by atoms with van der Waals surface area (Å²) in [7, 11) is 0. The van der Waals surface area contributed by atoms with E-state index in [0.29, 0.717) is 19.8 Å². The second kappa shape index (κ2) is 5.88. The summed E-state index contributed by atoms with van der Waals surface area (Å²) in [6.07, 6.45) is 0. The van der Waals surface area contributed by atoms with Crippen LogP contribution in [0.5, 0.6) is 0 Å². The Kier molecular flexibility index (Phi) is 4.22. The number of carbonyl (C=O) groups is 1. The topological polar surface area (TPSA) is 50.4 Å². The molecule has 18 heavy (non-hydrogen) atoms. The summed E-state index contributed by atoms with van der Waals surface area (Å²) in [6, 6.07) is 3.52. The molecule has 1 saturated heterocycles. The zero-order chi connectivity index (χ0) is 13.0. The molecule has 0 bridgehead atoms. The zero-order valence-electron chi connectivity index (χ0n) is 9.71. The van der Waals surface area contributed by atoms with E-state index in [1.165, 1.54) is 12.1 Å². The van der Waals surface area contributed by atoms with Gasteiger partial charge < -0.3 is 15.4 Å². The highest BCUT2D eigenvalue weighted by Crippen LogP contribution is 2.10. The third kappa shape index (κ3) is 3.02. The van der Waals surface area contributed by atoms with Crippen molar-refractivity contribution in [3.8, 4) is 0 Å². The summed E-state index contributed by atoms with van der Waals surface area (Å²) in [5, 5.41) is 5.69. The molecular formula is C12H14F2N2O2. The Morgan fingerprint density at radius 1 is 1.50 bits per heavy atom. The summed E-state index contributed by atoms with van der Waals surface area (Å²) in [4.78, 5) is 11.7. The van der Waals surface area contributed by atoms with E-state index in [1.807, 2.05) is 0 Å². The number of morpholine rings is 1. The minimum atomic E-state index is -1.12. The molecule has 1 fully saturated rings. The minimum absolute atomic E-state index is 0.000629. The summed E-state index contributed by atoms with van der Waals surface area (Å²) in [6.45, 7) is 2.17. The summed E-state index contributed by atoms with van der Waals surface area (Å²) in [5.41, 5.74) is -0.285. The number of ether oxygens (including phenoxy) is 1. The van der Waals surface area contributed by atoms with Gasteiger partial charge in [0.15, 0.2) is 11.6 Å². The van der Waals surface area contributed by atoms with Crippen LogP contribution in [0, 0.1) is 11.6 Å². The maximum atomic E-state index is 13.3. The van der Waals surface area contributed by atoms with Crippen molar-refractivity contribution in [1.29, 1.82) is 0 Å². The Bertz CT molecular complexity index is 434. The number of benzene rings is 1. The second-order valence-electron chi connectivity index (χ2n) is 4.04. The fourth-order valence-electron chi connectivity index (χ4n) is 1.74. The molecule has 0 spiro atoms. The van der Waals surface area contributed by atoms with Gasteiger partial charge in [-0.1, -0.05) is 6.07 Å². The van der Waals surface area contributed by atoms with Crippen LogP contribution in [0.3, 0.4) is 0 Å². The van der Waals surface area contributed by atoms with Crippen LogP contribution in [0.15, 0.2) is 18.2 Å². The van der Waals surface area contributed by atoms with Gasteiger partial charge in [0.2, 0.25) is 0 Å². The van der Waals surface area contributed by atoms with Gasteiger partial charge in [0.1, 0.15) is 0 Å².